The summed E-state index contributed by atoms with van der Waals surface area (Å²) in [6.07, 6.45) is 5.03. The third-order valence-corrected chi connectivity index (χ3v) is 4.72. The molecule has 0 bridgehead atoms. The molecule has 4 nitrogen and oxygen atoms in total. The maximum absolute atomic E-state index is 13.2. The topological polar surface area (TPSA) is 39.7 Å². The van der Waals surface area contributed by atoms with Gasteiger partial charge in [-0.3, -0.25) is 0 Å². The van der Waals surface area contributed by atoms with Gasteiger partial charge in [0.25, 0.3) is 0 Å². The van der Waals surface area contributed by atoms with Crippen molar-refractivity contribution in [2.45, 2.75) is 46.1 Å². The summed E-state index contributed by atoms with van der Waals surface area (Å²) in [4.78, 5) is 7.12. The molecule has 0 amide bonds. The fraction of sp³-hybridized carbons (Fsp3) is 0.650. The summed E-state index contributed by atoms with van der Waals surface area (Å²) < 4.78 is 13.2. The van der Waals surface area contributed by atoms with Crippen molar-refractivity contribution in [3.63, 3.8) is 0 Å². The highest BCUT2D eigenvalue weighted by molar-refractivity contribution is 5.79. The summed E-state index contributed by atoms with van der Waals surface area (Å²) in [7, 11) is 0. The predicted octanol–water partition coefficient (Wildman–Crippen LogP) is 3.39. The molecule has 1 aromatic rings. The molecule has 0 atom stereocenters. The van der Waals surface area contributed by atoms with Gasteiger partial charge in [0.2, 0.25) is 0 Å². The first-order valence-electron chi connectivity index (χ1n) is 9.66. The smallest absolute Gasteiger partial charge is 0.191 e. The monoisotopic (exact) mass is 348 g/mol. The van der Waals surface area contributed by atoms with E-state index >= 15 is 0 Å². The van der Waals surface area contributed by atoms with Crippen LogP contribution in [0.5, 0.6) is 0 Å². The number of unbranched alkanes of at least 4 members (excludes halogenated alkanes) is 1. The molecule has 1 aliphatic rings. The lowest BCUT2D eigenvalue weighted by Gasteiger charge is -2.30. The molecule has 2 rings (SSSR count). The third-order valence-electron chi connectivity index (χ3n) is 4.72. The summed E-state index contributed by atoms with van der Waals surface area (Å²) in [6, 6.07) is 6.61. The summed E-state index contributed by atoms with van der Waals surface area (Å²) in [5, 5.41) is 6.62. The van der Waals surface area contributed by atoms with E-state index in [2.05, 4.69) is 34.4 Å². The number of aliphatic imine (C=N–C) groups is 1. The van der Waals surface area contributed by atoms with E-state index < -0.39 is 0 Å². The second-order valence-electron chi connectivity index (χ2n) is 6.98. The van der Waals surface area contributed by atoms with E-state index in [1.54, 1.807) is 6.07 Å². The van der Waals surface area contributed by atoms with Crippen LogP contribution in [0, 0.1) is 11.7 Å². The van der Waals surface area contributed by atoms with E-state index in [-0.39, 0.29) is 5.82 Å². The van der Waals surface area contributed by atoms with Crippen molar-refractivity contribution in [3.8, 4) is 0 Å². The average molecular weight is 349 g/mol. The van der Waals surface area contributed by atoms with E-state index in [1.165, 1.54) is 51.0 Å². The van der Waals surface area contributed by atoms with Gasteiger partial charge in [0.15, 0.2) is 5.96 Å². The van der Waals surface area contributed by atoms with Crippen molar-refractivity contribution in [2.24, 2.45) is 10.9 Å². The van der Waals surface area contributed by atoms with Gasteiger partial charge in [-0.1, -0.05) is 19.1 Å². The average Bonchev–Trinajstić information content (AvgIpc) is 2.61. The van der Waals surface area contributed by atoms with Gasteiger partial charge in [-0.05, 0) is 75.9 Å². The van der Waals surface area contributed by atoms with Crippen LogP contribution in [-0.4, -0.2) is 43.6 Å². The number of guanidine groups is 1. The Morgan fingerprint density at radius 1 is 1.24 bits per heavy atom. The molecule has 0 aliphatic carbocycles. The lowest BCUT2D eigenvalue weighted by Crippen LogP contribution is -2.38. The fourth-order valence-corrected chi connectivity index (χ4v) is 3.10. The fourth-order valence-electron chi connectivity index (χ4n) is 3.10. The van der Waals surface area contributed by atoms with E-state index in [9.17, 15) is 4.39 Å². The first-order valence-corrected chi connectivity index (χ1v) is 9.66. The quantitative estimate of drug-likeness (QED) is 0.430. The first kappa shape index (κ1) is 19.7. The number of hydrogen-bond donors (Lipinski definition) is 2. The summed E-state index contributed by atoms with van der Waals surface area (Å²) >= 11 is 0. The Labute approximate surface area is 151 Å². The van der Waals surface area contributed by atoms with Gasteiger partial charge in [0.05, 0.1) is 6.54 Å². The minimum atomic E-state index is -0.210. The lowest BCUT2D eigenvalue weighted by atomic mass is 9.99. The van der Waals surface area contributed by atoms with E-state index in [0.717, 1.165) is 37.0 Å². The normalized spacial score (nSPS) is 16.8. The number of nitrogens with one attached hydrogen (secondary N) is 2. The van der Waals surface area contributed by atoms with Gasteiger partial charge >= 0.3 is 0 Å². The van der Waals surface area contributed by atoms with E-state index in [0.29, 0.717) is 6.54 Å². The lowest BCUT2D eigenvalue weighted by molar-refractivity contribution is 0.189. The van der Waals surface area contributed by atoms with Crippen LogP contribution in [0.15, 0.2) is 29.3 Å². The zero-order valence-corrected chi connectivity index (χ0v) is 15.7. The minimum Gasteiger partial charge on any atom is -0.357 e. The van der Waals surface area contributed by atoms with Gasteiger partial charge in [-0.25, -0.2) is 9.38 Å². The molecule has 140 valence electrons. The highest BCUT2D eigenvalue weighted by atomic mass is 19.1. The molecule has 0 radical (unpaired) electrons. The molecule has 1 saturated heterocycles. The second kappa shape index (κ2) is 11.1. The van der Waals surface area contributed by atoms with Crippen molar-refractivity contribution in [3.05, 3.63) is 35.6 Å². The SMILES string of the molecule is CCNC(=NCc1cccc(F)c1)NCCCCN1CCC(C)CC1. The molecule has 1 aromatic carbocycles. The second-order valence-corrected chi connectivity index (χ2v) is 6.98. The predicted molar refractivity (Wildman–Crippen MR) is 103 cm³/mol. The molecule has 0 spiro atoms. The van der Waals surface area contributed by atoms with Crippen molar-refractivity contribution >= 4 is 5.96 Å². The van der Waals surface area contributed by atoms with Gasteiger partial charge in [0.1, 0.15) is 5.82 Å². The Bertz CT molecular complexity index is 524. The highest BCUT2D eigenvalue weighted by Gasteiger charge is 2.14. The molecule has 5 heteroatoms. The van der Waals surface area contributed by atoms with Gasteiger partial charge in [-0.15, -0.1) is 0 Å². The maximum atomic E-state index is 13.2. The number of piperidine rings is 1. The van der Waals surface area contributed by atoms with Crippen molar-refractivity contribution in [1.82, 2.24) is 15.5 Å². The zero-order valence-electron chi connectivity index (χ0n) is 15.7. The summed E-state index contributed by atoms with van der Waals surface area (Å²) in [5.41, 5.74) is 0.886. The molecule has 1 heterocycles. The van der Waals surface area contributed by atoms with Gasteiger partial charge < -0.3 is 15.5 Å². The Kier molecular flexibility index (Phi) is 8.73. The maximum Gasteiger partial charge on any atom is 0.191 e. The highest BCUT2D eigenvalue weighted by Crippen LogP contribution is 2.16. The van der Waals surface area contributed by atoms with E-state index in [1.807, 2.05) is 6.07 Å². The molecule has 0 saturated carbocycles. The van der Waals surface area contributed by atoms with Crippen LogP contribution in [-0.2, 0) is 6.54 Å². The van der Waals surface area contributed by atoms with Crippen LogP contribution in [0.2, 0.25) is 0 Å². The number of halogens is 1. The largest absolute Gasteiger partial charge is 0.357 e. The van der Waals surface area contributed by atoms with Crippen LogP contribution >= 0.6 is 0 Å². The molecular weight excluding hydrogens is 315 g/mol. The van der Waals surface area contributed by atoms with Crippen molar-refractivity contribution in [2.75, 3.05) is 32.7 Å². The number of hydrogen-bond acceptors (Lipinski definition) is 2. The van der Waals surface area contributed by atoms with Crippen LogP contribution in [0.4, 0.5) is 4.39 Å². The Balaban J connectivity index is 1.66. The number of rotatable bonds is 8. The van der Waals surface area contributed by atoms with Crippen LogP contribution in [0.1, 0.15) is 45.1 Å². The van der Waals surface area contributed by atoms with Crippen LogP contribution in [0.25, 0.3) is 0 Å². The number of benzene rings is 1. The number of nitrogens with zero attached hydrogens (tertiary/aromatic N) is 2. The van der Waals surface area contributed by atoms with Crippen LogP contribution in [0.3, 0.4) is 0 Å². The van der Waals surface area contributed by atoms with Crippen molar-refractivity contribution < 1.29 is 4.39 Å². The zero-order chi connectivity index (χ0) is 17.9. The summed E-state index contributed by atoms with van der Waals surface area (Å²) in [6.45, 7) is 10.3. The molecule has 1 fully saturated rings. The standard InChI is InChI=1S/C20H33FN4/c1-3-22-20(24-16-18-7-6-8-19(21)15-18)23-11-4-5-12-25-13-9-17(2)10-14-25/h6-8,15,17H,3-5,9-14,16H2,1-2H3,(H2,22,23,24). The molecule has 0 unspecified atom stereocenters. The van der Waals surface area contributed by atoms with Crippen molar-refractivity contribution in [1.29, 1.82) is 0 Å². The third kappa shape index (κ3) is 7.86. The van der Waals surface area contributed by atoms with Crippen LogP contribution < -0.4 is 10.6 Å². The van der Waals surface area contributed by atoms with E-state index in [4.69, 9.17) is 0 Å². The molecule has 0 aromatic heterocycles. The molecule has 1 aliphatic heterocycles. The first-order chi connectivity index (χ1) is 12.2. The Hall–Kier alpha value is -1.62. The Morgan fingerprint density at radius 3 is 2.76 bits per heavy atom. The minimum absolute atomic E-state index is 0.210. The molecule has 25 heavy (non-hydrogen) atoms. The Morgan fingerprint density at radius 2 is 2.04 bits per heavy atom. The van der Waals surface area contributed by atoms with Gasteiger partial charge in [0, 0.05) is 13.1 Å². The summed E-state index contributed by atoms with van der Waals surface area (Å²) in [5.74, 6) is 1.49. The van der Waals surface area contributed by atoms with Gasteiger partial charge in [-0.2, -0.15) is 0 Å². The molecule has 2 N–H and O–H groups in total. The molecular formula is C20H33FN4. The number of likely N-dealkylation sites (tertiary alicyclic amines) is 1.